The highest BCUT2D eigenvalue weighted by Crippen LogP contribution is 2.29. The number of aliphatic hydroxyl groups is 1. The van der Waals surface area contributed by atoms with Crippen LogP contribution in [0.4, 0.5) is 0 Å². The summed E-state index contributed by atoms with van der Waals surface area (Å²) in [5, 5.41) is 9.07. The monoisotopic (exact) mass is 229 g/mol. The van der Waals surface area contributed by atoms with Crippen molar-refractivity contribution in [2.45, 2.75) is 52.9 Å². The van der Waals surface area contributed by atoms with Crippen LogP contribution in [0.5, 0.6) is 0 Å². The molecule has 1 atom stereocenters. The largest absolute Gasteiger partial charge is 0.396 e. The van der Waals surface area contributed by atoms with Gasteiger partial charge in [0.05, 0.1) is 0 Å². The molecule has 2 nitrogen and oxygen atoms in total. The molecule has 0 amide bonds. The van der Waals surface area contributed by atoms with E-state index in [-0.39, 0.29) is 0 Å². The fourth-order valence-corrected chi connectivity index (χ4v) is 2.26. The van der Waals surface area contributed by atoms with E-state index in [1.807, 2.05) is 0 Å². The fourth-order valence-electron chi connectivity index (χ4n) is 2.26. The van der Waals surface area contributed by atoms with Gasteiger partial charge in [-0.1, -0.05) is 33.6 Å². The molecular formula is C14H31NO. The highest BCUT2D eigenvalue weighted by molar-refractivity contribution is 4.69. The molecule has 2 heteroatoms. The normalized spacial score (nSPS) is 14.4. The summed E-state index contributed by atoms with van der Waals surface area (Å²) in [6.07, 6.45) is 6.04. The summed E-state index contributed by atoms with van der Waals surface area (Å²) >= 11 is 0. The highest BCUT2D eigenvalue weighted by Gasteiger charge is 2.17. The number of unbranched alkanes of at least 4 members (excludes halogenated alkanes) is 1. The van der Waals surface area contributed by atoms with Crippen molar-refractivity contribution in [2.75, 3.05) is 27.2 Å². The van der Waals surface area contributed by atoms with Crippen molar-refractivity contribution >= 4 is 0 Å². The van der Waals surface area contributed by atoms with Gasteiger partial charge in [-0.3, -0.25) is 0 Å². The van der Waals surface area contributed by atoms with Crippen molar-refractivity contribution in [2.24, 2.45) is 11.3 Å². The van der Waals surface area contributed by atoms with Gasteiger partial charge in [-0.2, -0.15) is 0 Å². The second kappa shape index (κ2) is 8.08. The molecule has 0 heterocycles. The SMILES string of the molecule is CN(C)CCCC[C@H](CCO)CC(C)(C)C. The molecule has 1 N–H and O–H groups in total. The molecule has 0 saturated carbocycles. The number of hydrogen-bond acceptors (Lipinski definition) is 2. The van der Waals surface area contributed by atoms with Crippen molar-refractivity contribution in [1.29, 1.82) is 0 Å². The van der Waals surface area contributed by atoms with Crippen LogP contribution in [-0.2, 0) is 0 Å². The molecule has 0 aromatic heterocycles. The Morgan fingerprint density at radius 2 is 1.69 bits per heavy atom. The zero-order valence-corrected chi connectivity index (χ0v) is 11.9. The summed E-state index contributed by atoms with van der Waals surface area (Å²) < 4.78 is 0. The van der Waals surface area contributed by atoms with Gasteiger partial charge in [-0.25, -0.2) is 0 Å². The Hall–Kier alpha value is -0.0800. The summed E-state index contributed by atoms with van der Waals surface area (Å²) in [4.78, 5) is 2.24. The van der Waals surface area contributed by atoms with Gasteiger partial charge in [0.2, 0.25) is 0 Å². The highest BCUT2D eigenvalue weighted by atomic mass is 16.3. The molecule has 0 aromatic rings. The maximum Gasteiger partial charge on any atom is 0.0433 e. The number of nitrogens with zero attached hydrogens (tertiary/aromatic N) is 1. The lowest BCUT2D eigenvalue weighted by atomic mass is 9.81. The first-order valence-electron chi connectivity index (χ1n) is 6.61. The topological polar surface area (TPSA) is 23.5 Å². The summed E-state index contributed by atoms with van der Waals surface area (Å²) in [5.41, 5.74) is 0.390. The van der Waals surface area contributed by atoms with Crippen molar-refractivity contribution in [1.82, 2.24) is 4.90 Å². The lowest BCUT2D eigenvalue weighted by Crippen LogP contribution is -2.16. The zero-order chi connectivity index (χ0) is 12.6. The van der Waals surface area contributed by atoms with Crippen LogP contribution >= 0.6 is 0 Å². The van der Waals surface area contributed by atoms with Crippen LogP contribution in [0, 0.1) is 11.3 Å². The van der Waals surface area contributed by atoms with E-state index < -0.39 is 0 Å². The number of aliphatic hydroxyl groups excluding tert-OH is 1. The average molecular weight is 229 g/mol. The Bertz CT molecular complexity index is 161. The predicted octanol–water partition coefficient (Wildman–Crippen LogP) is 3.15. The minimum atomic E-state index is 0.342. The van der Waals surface area contributed by atoms with E-state index in [4.69, 9.17) is 5.11 Å². The molecule has 0 bridgehead atoms. The summed E-state index contributed by atoms with van der Waals surface area (Å²) in [6, 6.07) is 0. The van der Waals surface area contributed by atoms with Crippen LogP contribution in [0.1, 0.15) is 52.9 Å². The Labute approximate surface area is 102 Å². The lowest BCUT2D eigenvalue weighted by Gasteiger charge is -2.25. The summed E-state index contributed by atoms with van der Waals surface area (Å²) in [6.45, 7) is 8.39. The summed E-state index contributed by atoms with van der Waals surface area (Å²) in [5.74, 6) is 0.701. The van der Waals surface area contributed by atoms with Gasteiger partial charge >= 0.3 is 0 Å². The van der Waals surface area contributed by atoms with Crippen LogP contribution in [-0.4, -0.2) is 37.3 Å². The molecule has 0 aliphatic heterocycles. The molecule has 0 aromatic carbocycles. The van der Waals surface area contributed by atoms with E-state index in [0.717, 1.165) is 6.42 Å². The first kappa shape index (κ1) is 15.9. The maximum atomic E-state index is 9.07. The average Bonchev–Trinajstić information content (AvgIpc) is 2.09. The minimum absolute atomic E-state index is 0.342. The van der Waals surface area contributed by atoms with E-state index in [9.17, 15) is 0 Å². The molecule has 98 valence electrons. The molecule has 0 rings (SSSR count). The zero-order valence-electron chi connectivity index (χ0n) is 11.9. The number of rotatable bonds is 8. The first-order valence-corrected chi connectivity index (χ1v) is 6.61. The molecule has 0 spiro atoms. The van der Waals surface area contributed by atoms with Crippen molar-refractivity contribution in [3.05, 3.63) is 0 Å². The van der Waals surface area contributed by atoms with Gasteiger partial charge in [0, 0.05) is 6.61 Å². The summed E-state index contributed by atoms with van der Waals surface area (Å²) in [7, 11) is 4.25. The first-order chi connectivity index (χ1) is 7.35. The minimum Gasteiger partial charge on any atom is -0.396 e. The quantitative estimate of drug-likeness (QED) is 0.646. The Kier molecular flexibility index (Phi) is 8.04. The molecule has 0 aliphatic rings. The van der Waals surface area contributed by atoms with Gasteiger partial charge in [0.15, 0.2) is 0 Å². The second-order valence-electron chi connectivity index (χ2n) is 6.44. The Morgan fingerprint density at radius 3 is 2.12 bits per heavy atom. The van der Waals surface area contributed by atoms with Gasteiger partial charge in [0.25, 0.3) is 0 Å². The van der Waals surface area contributed by atoms with Crippen molar-refractivity contribution < 1.29 is 5.11 Å². The number of hydrogen-bond donors (Lipinski definition) is 1. The van der Waals surface area contributed by atoms with Gasteiger partial charge in [-0.15, -0.1) is 0 Å². The van der Waals surface area contributed by atoms with E-state index in [0.29, 0.717) is 17.9 Å². The second-order valence-corrected chi connectivity index (χ2v) is 6.44. The van der Waals surface area contributed by atoms with Gasteiger partial charge in [-0.05, 0) is 51.2 Å². The van der Waals surface area contributed by atoms with Gasteiger partial charge in [0.1, 0.15) is 0 Å². The van der Waals surface area contributed by atoms with Crippen molar-refractivity contribution in [3.63, 3.8) is 0 Å². The molecule has 16 heavy (non-hydrogen) atoms. The molecule has 0 fully saturated rings. The van der Waals surface area contributed by atoms with Crippen LogP contribution < -0.4 is 0 Å². The fraction of sp³-hybridized carbons (Fsp3) is 1.00. The smallest absolute Gasteiger partial charge is 0.0433 e. The third kappa shape index (κ3) is 10.4. The Morgan fingerprint density at radius 1 is 1.06 bits per heavy atom. The molecule has 0 saturated heterocycles. The van der Waals surface area contributed by atoms with Crippen molar-refractivity contribution in [3.8, 4) is 0 Å². The maximum absolute atomic E-state index is 9.07. The third-order valence-electron chi connectivity index (χ3n) is 2.91. The predicted molar refractivity (Wildman–Crippen MR) is 71.7 cm³/mol. The van der Waals surface area contributed by atoms with Crippen LogP contribution in [0.25, 0.3) is 0 Å². The lowest BCUT2D eigenvalue weighted by molar-refractivity contribution is 0.206. The van der Waals surface area contributed by atoms with Crippen LogP contribution in [0.15, 0.2) is 0 Å². The van der Waals surface area contributed by atoms with E-state index in [1.54, 1.807) is 0 Å². The Balaban J connectivity index is 3.76. The standard InChI is InChI=1S/C14H31NO/c1-14(2,3)12-13(9-11-16)8-6-7-10-15(4)5/h13,16H,6-12H2,1-5H3/t13-/m1/s1. The van der Waals surface area contributed by atoms with Gasteiger partial charge < -0.3 is 10.0 Å². The molecule has 0 unspecified atom stereocenters. The molecular weight excluding hydrogens is 198 g/mol. The van der Waals surface area contributed by atoms with Crippen LogP contribution in [0.3, 0.4) is 0 Å². The van der Waals surface area contributed by atoms with E-state index >= 15 is 0 Å². The molecule has 0 radical (unpaired) electrons. The third-order valence-corrected chi connectivity index (χ3v) is 2.91. The van der Waals surface area contributed by atoms with E-state index in [1.165, 1.54) is 32.2 Å². The van der Waals surface area contributed by atoms with Crippen LogP contribution in [0.2, 0.25) is 0 Å². The molecule has 0 aliphatic carbocycles. The van der Waals surface area contributed by atoms with E-state index in [2.05, 4.69) is 39.8 Å².